The third-order valence-electron chi connectivity index (χ3n) is 7.75. The topological polar surface area (TPSA) is 150 Å². The van der Waals surface area contributed by atoms with Gasteiger partial charge in [-0.3, -0.25) is 10.2 Å². The highest BCUT2D eigenvalue weighted by atomic mass is 79.9. The molecule has 0 aliphatic carbocycles. The number of ether oxygens (including phenoxy) is 2. The molecular formula is C28H36BrN7O5S. The van der Waals surface area contributed by atoms with Gasteiger partial charge in [-0.2, -0.15) is 0 Å². The Kier molecular flexibility index (Phi) is 8.74. The zero-order valence-corrected chi connectivity index (χ0v) is 26.5. The summed E-state index contributed by atoms with van der Waals surface area (Å²) in [6, 6.07) is 3.78. The monoisotopic (exact) mass is 661 g/mol. The highest BCUT2D eigenvalue weighted by Crippen LogP contribution is 2.42. The van der Waals surface area contributed by atoms with E-state index in [0.29, 0.717) is 53.4 Å². The van der Waals surface area contributed by atoms with E-state index in [2.05, 4.69) is 25.9 Å². The first-order valence-corrected chi connectivity index (χ1v) is 15.6. The number of aromatic nitrogens is 4. The van der Waals surface area contributed by atoms with Gasteiger partial charge in [0, 0.05) is 41.1 Å². The van der Waals surface area contributed by atoms with E-state index in [9.17, 15) is 14.7 Å². The Balaban J connectivity index is 1.19. The van der Waals surface area contributed by atoms with Crippen LogP contribution in [0.3, 0.4) is 0 Å². The highest BCUT2D eigenvalue weighted by Gasteiger charge is 2.32. The molecule has 1 saturated heterocycles. The second-order valence-electron chi connectivity index (χ2n) is 11.8. The molecule has 1 aromatic carbocycles. The molecule has 3 aromatic rings. The van der Waals surface area contributed by atoms with Crippen LogP contribution in [-0.4, -0.2) is 78.4 Å². The molecule has 42 heavy (non-hydrogen) atoms. The van der Waals surface area contributed by atoms with E-state index in [1.165, 1.54) is 16.7 Å². The Bertz CT molecular complexity index is 1540. The van der Waals surface area contributed by atoms with Crippen molar-refractivity contribution in [3.63, 3.8) is 0 Å². The number of hydrogen-bond donors (Lipinski definition) is 3. The first-order valence-electron chi connectivity index (χ1n) is 14.0. The fourth-order valence-electron chi connectivity index (χ4n) is 5.32. The van der Waals surface area contributed by atoms with Crippen molar-refractivity contribution in [1.82, 2.24) is 29.3 Å². The van der Waals surface area contributed by atoms with Crippen molar-refractivity contribution in [2.24, 2.45) is 11.8 Å². The summed E-state index contributed by atoms with van der Waals surface area (Å²) in [6.45, 7) is 9.72. The number of H-pyrrole nitrogens is 1. The van der Waals surface area contributed by atoms with E-state index in [1.807, 2.05) is 49.3 Å². The van der Waals surface area contributed by atoms with Crippen LogP contribution in [-0.2, 0) is 11.3 Å². The van der Waals surface area contributed by atoms with Crippen molar-refractivity contribution < 1.29 is 24.2 Å². The van der Waals surface area contributed by atoms with Crippen molar-refractivity contribution >= 4 is 50.9 Å². The molecular weight excluding hydrogens is 626 g/mol. The summed E-state index contributed by atoms with van der Waals surface area (Å²) in [5.74, 6) is 1.42. The number of piperidine rings is 1. The number of carbonyl (C=O) groups excluding carboxylic acids is 1. The highest BCUT2D eigenvalue weighted by molar-refractivity contribution is 9.10. The molecule has 2 aromatic heterocycles. The van der Waals surface area contributed by atoms with Gasteiger partial charge < -0.3 is 33.9 Å². The number of rotatable bonds is 8. The van der Waals surface area contributed by atoms with Crippen LogP contribution in [0.15, 0.2) is 33.0 Å². The Morgan fingerprint density at radius 2 is 1.95 bits per heavy atom. The lowest BCUT2D eigenvalue weighted by atomic mass is 9.92. The van der Waals surface area contributed by atoms with Crippen molar-refractivity contribution in [3.8, 4) is 11.5 Å². The Morgan fingerprint density at radius 1 is 1.26 bits per heavy atom. The molecule has 2 amide bonds. The number of carbonyl (C=O) groups is 2. The van der Waals surface area contributed by atoms with Gasteiger partial charge in [0.05, 0.1) is 12.2 Å². The number of carboxylic acid groups (broad SMARTS) is 1. The zero-order chi connectivity index (χ0) is 30.2. The first kappa shape index (κ1) is 30.2. The van der Waals surface area contributed by atoms with Gasteiger partial charge in [-0.25, -0.2) is 14.8 Å². The minimum atomic E-state index is -1.01. The number of halogens is 1. The summed E-state index contributed by atoms with van der Waals surface area (Å²) in [4.78, 5) is 41.2. The quantitative estimate of drug-likeness (QED) is 0.308. The van der Waals surface area contributed by atoms with Crippen LogP contribution in [0, 0.1) is 17.2 Å². The van der Waals surface area contributed by atoms with Crippen LogP contribution < -0.4 is 15.0 Å². The molecule has 0 bridgehead atoms. The van der Waals surface area contributed by atoms with Gasteiger partial charge in [-0.1, -0.05) is 18.7 Å². The Labute approximate surface area is 256 Å². The van der Waals surface area contributed by atoms with Crippen LogP contribution in [0.4, 0.5) is 4.79 Å². The summed E-state index contributed by atoms with van der Waals surface area (Å²) in [6.07, 6.45) is 3.32. The number of fused-ring (bicyclic) bond motifs is 2. The third kappa shape index (κ3) is 6.54. The normalized spacial score (nSPS) is 16.2. The fraction of sp³-hybridized carbons (Fsp3) is 0.536. The predicted molar refractivity (Wildman–Crippen MR) is 160 cm³/mol. The lowest BCUT2D eigenvalue weighted by molar-refractivity contribution is -0.137. The summed E-state index contributed by atoms with van der Waals surface area (Å²) in [5.41, 5.74) is 0.828. The van der Waals surface area contributed by atoms with Crippen molar-refractivity contribution in [1.29, 1.82) is 5.41 Å². The third-order valence-corrected chi connectivity index (χ3v) is 9.62. The smallest absolute Gasteiger partial charge is 0.407 e. The molecule has 3 N–H and O–H groups in total. The molecule has 226 valence electrons. The van der Waals surface area contributed by atoms with E-state index in [1.54, 1.807) is 6.33 Å². The van der Waals surface area contributed by atoms with Gasteiger partial charge in [0.2, 0.25) is 12.7 Å². The number of likely N-dealkylation sites (tertiary alicyclic amines) is 1. The number of amides is 2. The average Bonchev–Trinajstić information content (AvgIpc) is 3.58. The van der Waals surface area contributed by atoms with Gasteiger partial charge >= 0.3 is 6.09 Å². The molecule has 2 aliphatic heterocycles. The van der Waals surface area contributed by atoms with Crippen LogP contribution >= 0.6 is 27.7 Å². The molecule has 0 unspecified atom stereocenters. The lowest BCUT2D eigenvalue weighted by Crippen LogP contribution is -2.50. The summed E-state index contributed by atoms with van der Waals surface area (Å²) in [7, 11) is 0. The number of aromatic amines is 1. The second-order valence-corrected chi connectivity index (χ2v) is 13.7. The number of benzene rings is 1. The van der Waals surface area contributed by atoms with Gasteiger partial charge in [0.1, 0.15) is 5.52 Å². The van der Waals surface area contributed by atoms with E-state index in [4.69, 9.17) is 19.9 Å². The van der Waals surface area contributed by atoms with Gasteiger partial charge in [0.25, 0.3) is 0 Å². The van der Waals surface area contributed by atoms with Gasteiger partial charge in [-0.05, 0) is 74.0 Å². The maximum Gasteiger partial charge on any atom is 0.407 e. The van der Waals surface area contributed by atoms with Gasteiger partial charge in [-0.15, -0.1) is 0 Å². The molecule has 14 heteroatoms. The number of nitrogens with zero attached hydrogens (tertiary/aromatic N) is 5. The van der Waals surface area contributed by atoms with Crippen LogP contribution in [0.1, 0.15) is 47.0 Å². The SMILES string of the molecule is C[C@H](CN(C(=O)O)C(C)(C)C)C(=O)N1CCC(CCn2cnc(=N)c3[nH]c(Sc4cc5c(cc4Br)OCO5)nc32)CC1. The predicted octanol–water partition coefficient (Wildman–Crippen LogP) is 4.92. The fourth-order valence-corrected chi connectivity index (χ4v) is 6.70. The number of aryl methyl sites for hydroxylation is 1. The summed E-state index contributed by atoms with van der Waals surface area (Å²) < 4.78 is 13.8. The van der Waals surface area contributed by atoms with Crippen molar-refractivity contribution in [3.05, 3.63) is 28.4 Å². The maximum atomic E-state index is 13.1. The summed E-state index contributed by atoms with van der Waals surface area (Å²) in [5, 5.41) is 18.5. The largest absolute Gasteiger partial charge is 0.465 e. The van der Waals surface area contributed by atoms with E-state index in [-0.39, 0.29) is 24.7 Å². The summed E-state index contributed by atoms with van der Waals surface area (Å²) >= 11 is 5.03. The van der Waals surface area contributed by atoms with Crippen molar-refractivity contribution in [2.45, 2.75) is 69.1 Å². The molecule has 0 radical (unpaired) electrons. The Morgan fingerprint density at radius 3 is 2.62 bits per heavy atom. The Hall–Kier alpha value is -3.26. The minimum absolute atomic E-state index is 0.00548. The molecule has 0 spiro atoms. The van der Waals surface area contributed by atoms with Crippen LogP contribution in [0.2, 0.25) is 0 Å². The molecule has 0 saturated carbocycles. The zero-order valence-electron chi connectivity index (χ0n) is 24.1. The lowest BCUT2D eigenvalue weighted by Gasteiger charge is -2.37. The number of imidazole rings is 1. The van der Waals surface area contributed by atoms with Crippen LogP contribution in [0.5, 0.6) is 11.5 Å². The standard InChI is InChI=1S/C28H36BrN7O5S/c1-16(13-36(27(38)39)28(2,3)4)25(37)34-8-5-17(6-9-34)7-10-35-14-31-23(30)22-24(35)33-26(32-22)42-21-12-20-19(11-18(21)29)40-15-41-20/h11-12,14,16-17,30H,5-10,13,15H2,1-4H3,(H,32,33)(H,38,39)/t16-/m1/s1. The maximum absolute atomic E-state index is 13.1. The molecule has 4 heterocycles. The second kappa shape index (κ2) is 12.2. The number of nitrogens with one attached hydrogen (secondary N) is 2. The minimum Gasteiger partial charge on any atom is -0.465 e. The number of hydrogen-bond acceptors (Lipinski definition) is 8. The molecule has 1 atom stereocenters. The molecule has 5 rings (SSSR count). The van der Waals surface area contributed by atoms with Crippen molar-refractivity contribution in [2.75, 3.05) is 26.4 Å². The first-order chi connectivity index (χ1) is 19.9. The van der Waals surface area contributed by atoms with E-state index in [0.717, 1.165) is 28.6 Å². The van der Waals surface area contributed by atoms with Crippen LogP contribution in [0.25, 0.3) is 11.2 Å². The van der Waals surface area contributed by atoms with Gasteiger partial charge in [0.15, 0.2) is 27.8 Å². The van der Waals surface area contributed by atoms with E-state index < -0.39 is 17.6 Å². The average molecular weight is 663 g/mol. The molecule has 2 aliphatic rings. The van der Waals surface area contributed by atoms with E-state index >= 15 is 0 Å². The molecule has 12 nitrogen and oxygen atoms in total. The molecule has 1 fully saturated rings.